The molecular weight excluding hydrogens is 242 g/mol. The van der Waals surface area contributed by atoms with Crippen LogP contribution in [0.2, 0.25) is 0 Å². The Bertz CT molecular complexity index is 390. The van der Waals surface area contributed by atoms with Gasteiger partial charge in [-0.15, -0.1) is 11.3 Å². The van der Waals surface area contributed by atoms with Gasteiger partial charge >= 0.3 is 0 Å². The number of hydrogen-bond donors (Lipinski definition) is 1. The molecule has 1 spiro atoms. The fourth-order valence-electron chi connectivity index (χ4n) is 3.45. The van der Waals surface area contributed by atoms with Crippen LogP contribution < -0.4 is 5.32 Å². The Morgan fingerprint density at radius 2 is 2.22 bits per heavy atom. The lowest BCUT2D eigenvalue weighted by Gasteiger charge is -2.46. The molecule has 2 aliphatic rings. The molecule has 0 atom stereocenters. The highest BCUT2D eigenvalue weighted by atomic mass is 32.1. The lowest BCUT2D eigenvalue weighted by atomic mass is 9.80. The second-order valence-corrected chi connectivity index (χ2v) is 6.90. The summed E-state index contributed by atoms with van der Waals surface area (Å²) < 4.78 is 0. The molecule has 0 unspecified atom stereocenters. The lowest BCUT2D eigenvalue weighted by molar-refractivity contribution is 0.0937. The quantitative estimate of drug-likeness (QED) is 0.891. The first-order valence-electron chi connectivity index (χ1n) is 7.14. The average molecular weight is 265 g/mol. The maximum absolute atomic E-state index is 4.59. The van der Waals surface area contributed by atoms with Crippen molar-refractivity contribution in [3.63, 3.8) is 0 Å². The van der Waals surface area contributed by atoms with E-state index in [0.29, 0.717) is 5.54 Å². The van der Waals surface area contributed by atoms with Gasteiger partial charge in [-0.3, -0.25) is 4.90 Å². The van der Waals surface area contributed by atoms with Crippen LogP contribution in [-0.2, 0) is 6.54 Å². The highest BCUT2D eigenvalue weighted by Crippen LogP contribution is 2.31. The predicted octanol–water partition coefficient (Wildman–Crippen LogP) is 2.56. The normalized spacial score (nSPS) is 24.5. The topological polar surface area (TPSA) is 28.2 Å². The monoisotopic (exact) mass is 265 g/mol. The van der Waals surface area contributed by atoms with Crippen LogP contribution in [0.25, 0.3) is 0 Å². The van der Waals surface area contributed by atoms with Crippen molar-refractivity contribution >= 4 is 11.3 Å². The number of piperazine rings is 1. The summed E-state index contributed by atoms with van der Waals surface area (Å²) in [7, 11) is 0. The van der Waals surface area contributed by atoms with Crippen molar-refractivity contribution in [2.75, 3.05) is 19.6 Å². The third-order valence-corrected chi connectivity index (χ3v) is 5.14. The zero-order valence-corrected chi connectivity index (χ0v) is 12.1. The summed E-state index contributed by atoms with van der Waals surface area (Å²) in [6.45, 7) is 6.65. The smallest absolute Gasteiger partial charge is 0.0897 e. The first-order chi connectivity index (χ1) is 8.76. The van der Waals surface area contributed by atoms with Gasteiger partial charge in [0.05, 0.1) is 10.7 Å². The van der Waals surface area contributed by atoms with Gasteiger partial charge in [-0.25, -0.2) is 4.98 Å². The number of hydrogen-bond acceptors (Lipinski definition) is 4. The highest BCUT2D eigenvalue weighted by Gasteiger charge is 2.35. The molecule has 4 heteroatoms. The molecule has 0 radical (unpaired) electrons. The summed E-state index contributed by atoms with van der Waals surface area (Å²) in [6.07, 6.45) is 6.95. The predicted molar refractivity (Wildman–Crippen MR) is 75.9 cm³/mol. The molecule has 0 aromatic carbocycles. The molecule has 0 bridgehead atoms. The maximum Gasteiger partial charge on any atom is 0.0897 e. The van der Waals surface area contributed by atoms with Gasteiger partial charge in [-0.2, -0.15) is 0 Å². The number of nitrogens with zero attached hydrogens (tertiary/aromatic N) is 2. The van der Waals surface area contributed by atoms with E-state index in [-0.39, 0.29) is 0 Å². The van der Waals surface area contributed by atoms with E-state index in [4.69, 9.17) is 0 Å². The second kappa shape index (κ2) is 5.27. The van der Waals surface area contributed by atoms with E-state index in [0.717, 1.165) is 13.1 Å². The molecule has 100 valence electrons. The summed E-state index contributed by atoms with van der Waals surface area (Å²) in [5, 5.41) is 7.20. The summed E-state index contributed by atoms with van der Waals surface area (Å²) in [4.78, 5) is 7.19. The van der Waals surface area contributed by atoms with E-state index < -0.39 is 0 Å². The third kappa shape index (κ3) is 2.76. The number of nitrogens with one attached hydrogen (secondary N) is 1. The van der Waals surface area contributed by atoms with E-state index >= 15 is 0 Å². The molecule has 3 nitrogen and oxygen atoms in total. The first kappa shape index (κ1) is 12.6. The Labute approximate surface area is 114 Å². The zero-order chi connectivity index (χ0) is 12.4. The Balaban J connectivity index is 1.63. The van der Waals surface area contributed by atoms with Gasteiger partial charge in [0.2, 0.25) is 0 Å². The van der Waals surface area contributed by atoms with Crippen molar-refractivity contribution in [2.45, 2.75) is 51.1 Å². The SMILES string of the molecule is Cc1nc(CN2CCNC3(CCCCC3)C2)cs1. The molecule has 1 aliphatic carbocycles. The van der Waals surface area contributed by atoms with Gasteiger partial charge in [-0.1, -0.05) is 19.3 Å². The van der Waals surface area contributed by atoms with Crippen LogP contribution in [0.1, 0.15) is 42.8 Å². The number of aromatic nitrogens is 1. The Morgan fingerprint density at radius 1 is 1.39 bits per heavy atom. The van der Waals surface area contributed by atoms with Crippen LogP contribution in [0, 0.1) is 6.92 Å². The number of rotatable bonds is 2. The Morgan fingerprint density at radius 3 is 2.94 bits per heavy atom. The third-order valence-electron chi connectivity index (χ3n) is 4.32. The van der Waals surface area contributed by atoms with Crippen molar-refractivity contribution in [3.8, 4) is 0 Å². The molecule has 18 heavy (non-hydrogen) atoms. The minimum Gasteiger partial charge on any atom is -0.309 e. The molecule has 1 aromatic heterocycles. The van der Waals surface area contributed by atoms with Crippen molar-refractivity contribution in [3.05, 3.63) is 16.1 Å². The largest absolute Gasteiger partial charge is 0.309 e. The standard InChI is InChI=1S/C14H23N3S/c1-12-16-13(10-18-12)9-17-8-7-15-14(11-17)5-3-2-4-6-14/h10,15H,2-9,11H2,1H3. The molecule has 1 saturated carbocycles. The fourth-order valence-corrected chi connectivity index (χ4v) is 4.05. The molecule has 1 aromatic rings. The zero-order valence-electron chi connectivity index (χ0n) is 11.2. The van der Waals surface area contributed by atoms with Gasteiger partial charge in [0, 0.05) is 37.1 Å². The van der Waals surface area contributed by atoms with Crippen LogP contribution in [0.5, 0.6) is 0 Å². The fraction of sp³-hybridized carbons (Fsp3) is 0.786. The van der Waals surface area contributed by atoms with Crippen molar-refractivity contribution in [1.82, 2.24) is 15.2 Å². The number of thiazole rings is 1. The molecule has 3 rings (SSSR count). The molecule has 1 N–H and O–H groups in total. The van der Waals surface area contributed by atoms with E-state index in [1.54, 1.807) is 11.3 Å². The van der Waals surface area contributed by atoms with E-state index in [1.165, 1.54) is 55.9 Å². The summed E-state index contributed by atoms with van der Waals surface area (Å²) in [6, 6.07) is 0. The van der Waals surface area contributed by atoms with Gasteiger partial charge in [0.25, 0.3) is 0 Å². The average Bonchev–Trinajstić information content (AvgIpc) is 2.76. The van der Waals surface area contributed by atoms with Gasteiger partial charge in [-0.05, 0) is 19.8 Å². The highest BCUT2D eigenvalue weighted by molar-refractivity contribution is 7.09. The van der Waals surface area contributed by atoms with Gasteiger partial charge in [0.15, 0.2) is 0 Å². The molecule has 0 amide bonds. The molecule has 2 heterocycles. The van der Waals surface area contributed by atoms with Gasteiger partial charge in [0.1, 0.15) is 0 Å². The van der Waals surface area contributed by atoms with Crippen LogP contribution in [0.4, 0.5) is 0 Å². The van der Waals surface area contributed by atoms with E-state index in [9.17, 15) is 0 Å². The van der Waals surface area contributed by atoms with Crippen LogP contribution in [0.15, 0.2) is 5.38 Å². The molecule has 1 aliphatic heterocycles. The van der Waals surface area contributed by atoms with E-state index in [2.05, 4.69) is 27.5 Å². The molecule has 2 fully saturated rings. The Hall–Kier alpha value is -0.450. The second-order valence-electron chi connectivity index (χ2n) is 5.84. The van der Waals surface area contributed by atoms with Crippen LogP contribution in [0.3, 0.4) is 0 Å². The van der Waals surface area contributed by atoms with Gasteiger partial charge < -0.3 is 5.32 Å². The minimum atomic E-state index is 0.418. The molecular formula is C14H23N3S. The summed E-state index contributed by atoms with van der Waals surface area (Å²) in [5.74, 6) is 0. The summed E-state index contributed by atoms with van der Waals surface area (Å²) >= 11 is 1.77. The van der Waals surface area contributed by atoms with E-state index in [1.807, 2.05) is 0 Å². The Kier molecular flexibility index (Phi) is 3.68. The van der Waals surface area contributed by atoms with Crippen molar-refractivity contribution < 1.29 is 0 Å². The first-order valence-corrected chi connectivity index (χ1v) is 8.02. The van der Waals surface area contributed by atoms with Crippen molar-refractivity contribution in [1.29, 1.82) is 0 Å². The lowest BCUT2D eigenvalue weighted by Crippen LogP contribution is -2.60. The van der Waals surface area contributed by atoms with Crippen molar-refractivity contribution in [2.24, 2.45) is 0 Å². The number of aryl methyl sites for hydroxylation is 1. The maximum atomic E-state index is 4.59. The minimum absolute atomic E-state index is 0.418. The summed E-state index contributed by atoms with van der Waals surface area (Å²) in [5.41, 5.74) is 1.67. The van der Waals surface area contributed by atoms with Crippen LogP contribution in [-0.4, -0.2) is 35.1 Å². The molecule has 1 saturated heterocycles. The van der Waals surface area contributed by atoms with Crippen LogP contribution >= 0.6 is 11.3 Å².